The molecule has 0 aromatic heterocycles. The zero-order chi connectivity index (χ0) is 3.58. The molecule has 7 heavy (non-hydrogen) atoms. The number of carbonyl (C=O) groups is 1. The van der Waals surface area contributed by atoms with Crippen LogP contribution in [0, 0.1) is 41.7 Å². The van der Waals surface area contributed by atoms with Crippen molar-refractivity contribution in [2.45, 2.75) is 0 Å². The SMILES string of the molecule is O=C([O-])[O-].[Ce].[Li+].[Li+]. The average Bonchev–Trinajstić information content (AvgIpc) is 0.811. The van der Waals surface area contributed by atoms with Crippen molar-refractivity contribution in [3.8, 4) is 0 Å². The fourth-order valence-electron chi connectivity index (χ4n) is 0. The second kappa shape index (κ2) is 15.7. The molecule has 0 bridgehead atoms. The summed E-state index contributed by atoms with van der Waals surface area (Å²) in [6.45, 7) is 0. The van der Waals surface area contributed by atoms with Crippen molar-refractivity contribution in [2.24, 2.45) is 0 Å². The van der Waals surface area contributed by atoms with Crippen LogP contribution in [0.2, 0.25) is 0 Å². The standard InChI is InChI=1S/CH2O3.Ce.2Li/c2-1(3)4;;;/h(H2,2,3,4);;;/q;;2*+1/p-2. The number of hydrogen-bond acceptors (Lipinski definition) is 3. The van der Waals surface area contributed by atoms with Crippen molar-refractivity contribution in [1.29, 1.82) is 0 Å². The van der Waals surface area contributed by atoms with Crippen molar-refractivity contribution in [3.05, 3.63) is 0 Å². The second-order valence-corrected chi connectivity index (χ2v) is 0.250. The van der Waals surface area contributed by atoms with E-state index in [1.165, 1.54) is 0 Å². The van der Waals surface area contributed by atoms with E-state index in [0.717, 1.165) is 0 Å². The van der Waals surface area contributed by atoms with Gasteiger partial charge in [-0.15, -0.1) is 0 Å². The van der Waals surface area contributed by atoms with Gasteiger partial charge in [-0.3, -0.25) is 0 Å². The van der Waals surface area contributed by atoms with Crippen molar-refractivity contribution in [2.75, 3.05) is 0 Å². The number of carbonyl (C=O) groups excluding carboxylic acids is 1. The summed E-state index contributed by atoms with van der Waals surface area (Å²) < 4.78 is 0. The molecule has 3 nitrogen and oxygen atoms in total. The maximum atomic E-state index is 8.33. The van der Waals surface area contributed by atoms with E-state index in [4.69, 9.17) is 15.0 Å². The van der Waals surface area contributed by atoms with Crippen molar-refractivity contribution in [1.82, 2.24) is 0 Å². The molecule has 0 rings (SSSR count). The Balaban J connectivity index is -0.0000000150. The Morgan fingerprint density at radius 1 is 1.14 bits per heavy atom. The molecular weight excluding hydrogens is 214 g/mol. The molecule has 0 aromatic carbocycles. The molecule has 0 fully saturated rings. The molecule has 0 heterocycles. The number of hydrogen-bond donors (Lipinski definition) is 0. The van der Waals surface area contributed by atoms with Crippen LogP contribution in [-0.2, 0) is 0 Å². The molecule has 0 atom stereocenters. The van der Waals surface area contributed by atoms with E-state index in [1.54, 1.807) is 0 Å². The summed E-state index contributed by atoms with van der Waals surface area (Å²) in [5.74, 6) is 0. The number of carboxylic acid groups (broad SMARTS) is 2. The first-order chi connectivity index (χ1) is 1.73. The van der Waals surface area contributed by atoms with Gasteiger partial charge in [0.05, 0.1) is 0 Å². The van der Waals surface area contributed by atoms with Crippen LogP contribution in [0.15, 0.2) is 0 Å². The van der Waals surface area contributed by atoms with E-state index >= 15 is 0 Å². The van der Waals surface area contributed by atoms with E-state index in [1.807, 2.05) is 0 Å². The van der Waals surface area contributed by atoms with Gasteiger partial charge in [0.15, 0.2) is 0 Å². The van der Waals surface area contributed by atoms with Crippen molar-refractivity contribution in [3.63, 3.8) is 0 Å². The van der Waals surface area contributed by atoms with Crippen LogP contribution >= 0.6 is 0 Å². The first-order valence-corrected chi connectivity index (χ1v) is 0.612. The fourth-order valence-corrected chi connectivity index (χ4v) is 0. The second-order valence-electron chi connectivity index (χ2n) is 0.250. The van der Waals surface area contributed by atoms with Gasteiger partial charge >= 0.3 is 37.7 Å². The third-order valence-corrected chi connectivity index (χ3v) is 0. The summed E-state index contributed by atoms with van der Waals surface area (Å²) in [5, 5.41) is 16.7. The fraction of sp³-hybridized carbons (Fsp3) is 0. The molecule has 0 spiro atoms. The first-order valence-electron chi connectivity index (χ1n) is 0.612. The van der Waals surface area contributed by atoms with Crippen molar-refractivity contribution >= 4 is 6.16 Å². The monoisotopic (exact) mass is 214 g/mol. The van der Waals surface area contributed by atoms with Gasteiger partial charge in [-0.1, -0.05) is 0 Å². The summed E-state index contributed by atoms with van der Waals surface area (Å²) >= 11 is 0. The Morgan fingerprint density at radius 2 is 1.14 bits per heavy atom. The van der Waals surface area contributed by atoms with Gasteiger partial charge in [0, 0.05) is 41.7 Å². The van der Waals surface area contributed by atoms with E-state index in [9.17, 15) is 0 Å². The summed E-state index contributed by atoms with van der Waals surface area (Å²) in [6, 6.07) is 0. The van der Waals surface area contributed by atoms with Crippen LogP contribution in [0.4, 0.5) is 4.79 Å². The zero-order valence-electron chi connectivity index (χ0n) is 4.22. The van der Waals surface area contributed by atoms with Crippen LogP contribution in [0.3, 0.4) is 0 Å². The minimum Gasteiger partial charge on any atom is -0.652 e. The summed E-state index contributed by atoms with van der Waals surface area (Å²) in [5.41, 5.74) is 0. The smallest absolute Gasteiger partial charge is 0.652 e. The van der Waals surface area contributed by atoms with E-state index in [-0.39, 0.29) is 79.5 Å². The molecule has 6 heteroatoms. The Labute approximate surface area is 99.0 Å². The predicted octanol–water partition coefficient (Wildman–Crippen LogP) is -8.44. The van der Waals surface area contributed by atoms with E-state index in [0.29, 0.717) is 0 Å². The molecule has 0 unspecified atom stereocenters. The molecular formula is CCeLi2O3. The van der Waals surface area contributed by atoms with Crippen LogP contribution < -0.4 is 47.9 Å². The maximum Gasteiger partial charge on any atom is 1.00 e. The van der Waals surface area contributed by atoms with E-state index in [2.05, 4.69) is 0 Å². The molecule has 0 N–H and O–H groups in total. The van der Waals surface area contributed by atoms with Gasteiger partial charge in [0.2, 0.25) is 0 Å². The quantitative estimate of drug-likeness (QED) is 0.376. The molecule has 0 saturated carbocycles. The molecule has 0 radical (unpaired) electrons. The minimum absolute atomic E-state index is 0. The molecule has 0 aromatic rings. The van der Waals surface area contributed by atoms with Crippen molar-refractivity contribution < 1.29 is 94.5 Å². The van der Waals surface area contributed by atoms with Gasteiger partial charge in [0.25, 0.3) is 0 Å². The number of rotatable bonds is 0. The topological polar surface area (TPSA) is 63.2 Å². The summed E-state index contributed by atoms with van der Waals surface area (Å²) in [4.78, 5) is 8.33. The Kier molecular flexibility index (Phi) is 51.9. The van der Waals surface area contributed by atoms with E-state index < -0.39 is 6.16 Å². The van der Waals surface area contributed by atoms with Crippen LogP contribution in [0.25, 0.3) is 0 Å². The molecule has 0 saturated heterocycles. The summed E-state index contributed by atoms with van der Waals surface area (Å²) in [7, 11) is 0. The van der Waals surface area contributed by atoms with Crippen LogP contribution in [-0.4, -0.2) is 6.16 Å². The first kappa shape index (κ1) is 23.2. The summed E-state index contributed by atoms with van der Waals surface area (Å²) in [6.07, 6.45) is -2.33. The predicted molar refractivity (Wildman–Crippen MR) is 5.40 cm³/mol. The van der Waals surface area contributed by atoms with Gasteiger partial charge < -0.3 is 15.0 Å². The molecule has 0 aliphatic heterocycles. The average molecular weight is 214 g/mol. The van der Waals surface area contributed by atoms with Gasteiger partial charge in [-0.05, 0) is 6.16 Å². The molecule has 0 amide bonds. The van der Waals surface area contributed by atoms with Crippen LogP contribution in [0.5, 0.6) is 0 Å². The largest absolute Gasteiger partial charge is 1.00 e. The molecule has 0 aliphatic carbocycles. The third-order valence-electron chi connectivity index (χ3n) is 0. The van der Waals surface area contributed by atoms with Gasteiger partial charge in [0.1, 0.15) is 0 Å². The molecule has 0 aliphatic rings. The third kappa shape index (κ3) is 78.9. The van der Waals surface area contributed by atoms with Gasteiger partial charge in [-0.25, -0.2) is 0 Å². The Hall–Kier alpha value is 1.84. The minimum atomic E-state index is -2.33. The Bertz CT molecular complexity index is 35.9. The normalized spacial score (nSPS) is 3.43. The molecule has 28 valence electrons. The Morgan fingerprint density at radius 3 is 1.14 bits per heavy atom. The van der Waals surface area contributed by atoms with Gasteiger partial charge in [-0.2, -0.15) is 0 Å². The zero-order valence-corrected chi connectivity index (χ0v) is 7.36. The maximum absolute atomic E-state index is 8.33. The van der Waals surface area contributed by atoms with Crippen LogP contribution in [0.1, 0.15) is 0 Å².